The maximum atomic E-state index is 14.0. The van der Waals surface area contributed by atoms with E-state index in [1.165, 1.54) is 24.5 Å². The maximum Gasteiger partial charge on any atom is 0.379 e. The van der Waals surface area contributed by atoms with Crippen molar-refractivity contribution in [2.45, 2.75) is 12.5 Å². The minimum absolute atomic E-state index is 0.0496. The van der Waals surface area contributed by atoms with Gasteiger partial charge in [-0.05, 0) is 42.0 Å². The van der Waals surface area contributed by atoms with E-state index in [0.717, 1.165) is 5.56 Å². The van der Waals surface area contributed by atoms with Gasteiger partial charge < -0.3 is 24.4 Å². The summed E-state index contributed by atoms with van der Waals surface area (Å²) in [5.41, 5.74) is 8.13. The number of hydrogen-bond acceptors (Lipinski definition) is 7. The van der Waals surface area contributed by atoms with E-state index in [9.17, 15) is 14.4 Å². The molecule has 0 saturated heterocycles. The van der Waals surface area contributed by atoms with Crippen molar-refractivity contribution >= 4 is 5.97 Å². The van der Waals surface area contributed by atoms with Crippen LogP contribution in [0.4, 0.5) is 4.39 Å². The molecule has 1 aliphatic heterocycles. The molecule has 4 aromatic rings. The van der Waals surface area contributed by atoms with Gasteiger partial charge in [0, 0.05) is 17.2 Å². The number of ether oxygens (including phenoxy) is 3. The number of esters is 1. The SMILES string of the molecule is N#CC1=C(N)Oc2cc(OC(=O)c3ccco3)ccc2C1c1cccc(OCc2ccccc2F)c1. The van der Waals surface area contributed by atoms with E-state index < -0.39 is 11.9 Å². The molecule has 0 saturated carbocycles. The fourth-order valence-electron chi connectivity index (χ4n) is 3.95. The van der Waals surface area contributed by atoms with Crippen molar-refractivity contribution in [1.29, 1.82) is 5.26 Å². The van der Waals surface area contributed by atoms with E-state index >= 15 is 0 Å². The van der Waals surface area contributed by atoms with Crippen molar-refractivity contribution in [2.75, 3.05) is 0 Å². The normalized spacial score (nSPS) is 14.4. The summed E-state index contributed by atoms with van der Waals surface area (Å²) in [6, 6.07) is 23.6. The van der Waals surface area contributed by atoms with Crippen LogP contribution in [0.2, 0.25) is 0 Å². The Balaban J connectivity index is 1.44. The van der Waals surface area contributed by atoms with Crippen molar-refractivity contribution in [3.8, 4) is 23.3 Å². The second kappa shape index (κ2) is 9.68. The molecule has 1 unspecified atom stereocenters. The van der Waals surface area contributed by atoms with Crippen molar-refractivity contribution < 1.29 is 27.8 Å². The molecule has 0 fully saturated rings. The number of carbonyl (C=O) groups excluding carboxylic acids is 1. The average molecular weight is 482 g/mol. The molecule has 1 aromatic heterocycles. The van der Waals surface area contributed by atoms with Crippen LogP contribution in [0.1, 0.15) is 33.2 Å². The van der Waals surface area contributed by atoms with Crippen LogP contribution in [-0.4, -0.2) is 5.97 Å². The number of hydrogen-bond donors (Lipinski definition) is 1. The Bertz CT molecular complexity index is 1500. The maximum absolute atomic E-state index is 14.0. The van der Waals surface area contributed by atoms with E-state index in [0.29, 0.717) is 22.6 Å². The fourth-order valence-corrected chi connectivity index (χ4v) is 3.95. The lowest BCUT2D eigenvalue weighted by molar-refractivity contribution is 0.0701. The van der Waals surface area contributed by atoms with Crippen LogP contribution in [0.3, 0.4) is 0 Å². The smallest absolute Gasteiger partial charge is 0.379 e. The van der Waals surface area contributed by atoms with Gasteiger partial charge in [-0.3, -0.25) is 0 Å². The second-order valence-corrected chi connectivity index (χ2v) is 7.94. The molecule has 7 nitrogen and oxygen atoms in total. The summed E-state index contributed by atoms with van der Waals surface area (Å²) < 4.78 is 35.9. The number of nitrogens with zero attached hydrogens (tertiary/aromatic N) is 1. The zero-order valence-corrected chi connectivity index (χ0v) is 18.8. The van der Waals surface area contributed by atoms with Crippen molar-refractivity contribution in [1.82, 2.24) is 0 Å². The van der Waals surface area contributed by atoms with Crippen LogP contribution in [-0.2, 0) is 6.61 Å². The monoisotopic (exact) mass is 482 g/mol. The average Bonchev–Trinajstić information content (AvgIpc) is 3.43. The Morgan fingerprint density at radius 1 is 1.03 bits per heavy atom. The number of rotatable bonds is 6. The van der Waals surface area contributed by atoms with Gasteiger partial charge in [0.25, 0.3) is 0 Å². The topological polar surface area (TPSA) is 108 Å². The minimum Gasteiger partial charge on any atom is -0.489 e. The van der Waals surface area contributed by atoms with Gasteiger partial charge in [-0.1, -0.05) is 36.4 Å². The van der Waals surface area contributed by atoms with Crippen molar-refractivity contribution in [3.05, 3.63) is 125 Å². The second-order valence-electron chi connectivity index (χ2n) is 7.94. The first kappa shape index (κ1) is 22.7. The molecule has 8 heteroatoms. The summed E-state index contributed by atoms with van der Waals surface area (Å²) in [5, 5.41) is 9.83. The number of nitrogens with two attached hydrogens (primary N) is 1. The van der Waals surface area contributed by atoms with E-state index in [-0.39, 0.29) is 35.4 Å². The van der Waals surface area contributed by atoms with E-state index in [1.807, 2.05) is 6.07 Å². The lowest BCUT2D eigenvalue weighted by Gasteiger charge is -2.27. The zero-order valence-electron chi connectivity index (χ0n) is 18.8. The number of halogens is 1. The summed E-state index contributed by atoms with van der Waals surface area (Å²) in [5.74, 6) is -0.476. The molecule has 178 valence electrons. The Hall–Kier alpha value is -5.03. The van der Waals surface area contributed by atoms with E-state index in [1.54, 1.807) is 54.6 Å². The molecule has 1 atom stereocenters. The summed E-state index contributed by atoms with van der Waals surface area (Å²) >= 11 is 0. The van der Waals surface area contributed by atoms with Gasteiger partial charge in [0.2, 0.25) is 11.6 Å². The van der Waals surface area contributed by atoms with Gasteiger partial charge in [0.15, 0.2) is 0 Å². The highest BCUT2D eigenvalue weighted by atomic mass is 19.1. The number of furan rings is 1. The molecule has 0 amide bonds. The molecule has 0 aliphatic carbocycles. The van der Waals surface area contributed by atoms with Crippen LogP contribution < -0.4 is 19.9 Å². The summed E-state index contributed by atoms with van der Waals surface area (Å²) in [6.45, 7) is 0.0496. The lowest BCUT2D eigenvalue weighted by Crippen LogP contribution is -2.21. The van der Waals surface area contributed by atoms with Crippen molar-refractivity contribution in [3.63, 3.8) is 0 Å². The standard InChI is InChI=1S/C28H19FN2O5/c29-23-8-2-1-5-18(23)16-34-19-7-3-6-17(13-19)26-21-11-10-20(35-28(32)24-9-4-12-33-24)14-25(21)36-27(31)22(26)15-30/h1-14,26H,16,31H2. The molecule has 3 aromatic carbocycles. The molecular formula is C28H19FN2O5. The van der Waals surface area contributed by atoms with Gasteiger partial charge in [-0.25, -0.2) is 9.18 Å². The first-order valence-corrected chi connectivity index (χ1v) is 11.0. The number of allylic oxidation sites excluding steroid dienone is 1. The summed E-state index contributed by atoms with van der Waals surface area (Å²) in [4.78, 5) is 12.2. The quantitative estimate of drug-likeness (QED) is 0.288. The molecule has 5 rings (SSSR count). The number of fused-ring (bicyclic) bond motifs is 1. The number of benzene rings is 3. The third-order valence-corrected chi connectivity index (χ3v) is 5.67. The predicted octanol–water partition coefficient (Wildman–Crippen LogP) is 5.44. The van der Waals surface area contributed by atoms with Crippen LogP contribution in [0, 0.1) is 17.1 Å². The molecule has 0 bridgehead atoms. The van der Waals surface area contributed by atoms with Crippen LogP contribution in [0.15, 0.2) is 101 Å². The molecule has 2 N–H and O–H groups in total. The van der Waals surface area contributed by atoms with Crippen LogP contribution >= 0.6 is 0 Å². The fraction of sp³-hybridized carbons (Fsp3) is 0.0714. The molecule has 1 aliphatic rings. The Labute approximate surface area is 205 Å². The highest BCUT2D eigenvalue weighted by Gasteiger charge is 2.31. The van der Waals surface area contributed by atoms with Gasteiger partial charge in [0.05, 0.1) is 12.2 Å². The first-order valence-electron chi connectivity index (χ1n) is 11.0. The van der Waals surface area contributed by atoms with Gasteiger partial charge in [-0.15, -0.1) is 0 Å². The molecule has 0 spiro atoms. The third kappa shape index (κ3) is 4.50. The number of carbonyl (C=O) groups is 1. The van der Waals surface area contributed by atoms with Gasteiger partial charge in [0.1, 0.15) is 41.3 Å². The molecule has 36 heavy (non-hydrogen) atoms. The first-order chi connectivity index (χ1) is 17.5. The Kier molecular flexibility index (Phi) is 6.12. The summed E-state index contributed by atoms with van der Waals surface area (Å²) in [7, 11) is 0. The van der Waals surface area contributed by atoms with Crippen LogP contribution in [0.25, 0.3) is 0 Å². The highest BCUT2D eigenvalue weighted by Crippen LogP contribution is 2.44. The Morgan fingerprint density at radius 2 is 1.89 bits per heavy atom. The van der Waals surface area contributed by atoms with E-state index in [4.69, 9.17) is 24.4 Å². The summed E-state index contributed by atoms with van der Waals surface area (Å²) in [6.07, 6.45) is 1.38. The molecular weight excluding hydrogens is 463 g/mol. The largest absolute Gasteiger partial charge is 0.489 e. The zero-order chi connectivity index (χ0) is 25.1. The third-order valence-electron chi connectivity index (χ3n) is 5.67. The molecule has 0 radical (unpaired) electrons. The van der Waals surface area contributed by atoms with Crippen LogP contribution in [0.5, 0.6) is 17.2 Å². The Morgan fingerprint density at radius 3 is 2.67 bits per heavy atom. The minimum atomic E-state index is -0.659. The van der Waals surface area contributed by atoms with E-state index in [2.05, 4.69) is 6.07 Å². The predicted molar refractivity (Wildman–Crippen MR) is 127 cm³/mol. The van der Waals surface area contributed by atoms with Crippen molar-refractivity contribution in [2.24, 2.45) is 5.73 Å². The number of nitriles is 1. The van der Waals surface area contributed by atoms with Gasteiger partial charge in [-0.2, -0.15) is 5.26 Å². The van der Waals surface area contributed by atoms with Gasteiger partial charge >= 0.3 is 5.97 Å². The highest BCUT2D eigenvalue weighted by molar-refractivity contribution is 5.88. The lowest BCUT2D eigenvalue weighted by atomic mass is 9.83. The molecule has 2 heterocycles.